The summed E-state index contributed by atoms with van der Waals surface area (Å²) in [7, 11) is 0. The molecule has 0 radical (unpaired) electrons. The molecule has 0 aliphatic carbocycles. The zero-order valence-electron chi connectivity index (χ0n) is 11.2. The number of nitrogens with one attached hydrogen (secondary N) is 1. The van der Waals surface area contributed by atoms with E-state index in [9.17, 15) is 9.90 Å². The molecule has 4 N–H and O–H groups in total. The van der Waals surface area contributed by atoms with Crippen LogP contribution in [-0.2, 0) is 4.79 Å². The minimum absolute atomic E-state index is 0.0975. The fourth-order valence-corrected chi connectivity index (χ4v) is 2.26. The van der Waals surface area contributed by atoms with Crippen LogP contribution in [0.4, 0.5) is 11.4 Å². The third-order valence-electron chi connectivity index (χ3n) is 3.60. The molecule has 1 amide bonds. The topological polar surface area (TPSA) is 78.6 Å². The average Bonchev–Trinajstić information content (AvgIpc) is 2.37. The predicted octanol–water partition coefficient (Wildman–Crippen LogP) is 0.910. The van der Waals surface area contributed by atoms with Gasteiger partial charge in [0.25, 0.3) is 0 Å². The van der Waals surface area contributed by atoms with Crippen molar-refractivity contribution in [3.05, 3.63) is 24.3 Å². The molecule has 0 bridgehead atoms. The number of benzene rings is 1. The van der Waals surface area contributed by atoms with Gasteiger partial charge in [-0.05, 0) is 31.0 Å². The molecule has 0 saturated carbocycles. The van der Waals surface area contributed by atoms with Crippen LogP contribution in [0.1, 0.15) is 13.3 Å². The van der Waals surface area contributed by atoms with E-state index < -0.39 is 0 Å². The van der Waals surface area contributed by atoms with E-state index in [1.54, 1.807) is 12.1 Å². The molecule has 19 heavy (non-hydrogen) atoms. The average molecular weight is 263 g/mol. The zero-order valence-corrected chi connectivity index (χ0v) is 11.2. The maximum Gasteiger partial charge on any atom is 0.238 e. The largest absolute Gasteiger partial charge is 0.397 e. The number of likely N-dealkylation sites (tertiary alicyclic amines) is 1. The van der Waals surface area contributed by atoms with Crippen molar-refractivity contribution in [2.45, 2.75) is 19.4 Å². The van der Waals surface area contributed by atoms with Crippen LogP contribution in [0.2, 0.25) is 0 Å². The number of amides is 1. The Morgan fingerprint density at radius 3 is 2.95 bits per heavy atom. The number of para-hydroxylation sites is 2. The van der Waals surface area contributed by atoms with Gasteiger partial charge in [-0.1, -0.05) is 19.1 Å². The highest BCUT2D eigenvalue weighted by Gasteiger charge is 2.25. The van der Waals surface area contributed by atoms with Gasteiger partial charge in [-0.25, -0.2) is 0 Å². The number of hydrogen-bond acceptors (Lipinski definition) is 4. The van der Waals surface area contributed by atoms with E-state index in [4.69, 9.17) is 5.73 Å². The van der Waals surface area contributed by atoms with Gasteiger partial charge < -0.3 is 16.2 Å². The highest BCUT2D eigenvalue weighted by atomic mass is 16.3. The summed E-state index contributed by atoms with van der Waals surface area (Å²) < 4.78 is 0. The van der Waals surface area contributed by atoms with E-state index in [1.807, 2.05) is 24.0 Å². The van der Waals surface area contributed by atoms with Crippen molar-refractivity contribution in [3.8, 4) is 0 Å². The van der Waals surface area contributed by atoms with Crippen molar-refractivity contribution in [2.75, 3.05) is 30.7 Å². The Labute approximate surface area is 113 Å². The number of hydrogen-bond donors (Lipinski definition) is 3. The maximum atomic E-state index is 11.9. The zero-order chi connectivity index (χ0) is 13.8. The SMILES string of the molecule is CC1CCN(CC(=O)Nc2ccccc2N)CC1O. The Hall–Kier alpha value is -1.59. The Bertz CT molecular complexity index is 450. The van der Waals surface area contributed by atoms with Crippen molar-refractivity contribution in [2.24, 2.45) is 5.92 Å². The minimum atomic E-state index is -0.344. The molecule has 1 aliphatic rings. The van der Waals surface area contributed by atoms with Gasteiger partial charge in [-0.15, -0.1) is 0 Å². The second-order valence-electron chi connectivity index (χ2n) is 5.20. The van der Waals surface area contributed by atoms with Crippen LogP contribution < -0.4 is 11.1 Å². The van der Waals surface area contributed by atoms with E-state index in [1.165, 1.54) is 0 Å². The number of anilines is 2. The van der Waals surface area contributed by atoms with Gasteiger partial charge in [-0.3, -0.25) is 9.69 Å². The highest BCUT2D eigenvalue weighted by molar-refractivity contribution is 5.95. The number of β-amino-alcohol motifs (C(OH)–C–C–N with tert-alkyl or cyclic N) is 1. The second-order valence-corrected chi connectivity index (χ2v) is 5.20. The van der Waals surface area contributed by atoms with Gasteiger partial charge in [0.05, 0.1) is 24.0 Å². The lowest BCUT2D eigenvalue weighted by molar-refractivity contribution is -0.118. The third kappa shape index (κ3) is 3.68. The van der Waals surface area contributed by atoms with Crippen LogP contribution in [0.25, 0.3) is 0 Å². The van der Waals surface area contributed by atoms with Gasteiger partial charge in [0.15, 0.2) is 0 Å². The lowest BCUT2D eigenvalue weighted by atomic mass is 9.96. The molecule has 1 aliphatic heterocycles. The summed E-state index contributed by atoms with van der Waals surface area (Å²) in [6, 6.07) is 7.19. The first-order valence-corrected chi connectivity index (χ1v) is 6.61. The molecule has 2 rings (SSSR count). The summed E-state index contributed by atoms with van der Waals surface area (Å²) in [5.41, 5.74) is 6.97. The third-order valence-corrected chi connectivity index (χ3v) is 3.60. The molecule has 1 heterocycles. The van der Waals surface area contributed by atoms with Gasteiger partial charge in [-0.2, -0.15) is 0 Å². The number of aliphatic hydroxyl groups excluding tert-OH is 1. The van der Waals surface area contributed by atoms with E-state index in [-0.39, 0.29) is 18.6 Å². The molecular formula is C14H21N3O2. The highest BCUT2D eigenvalue weighted by Crippen LogP contribution is 2.18. The first-order valence-electron chi connectivity index (χ1n) is 6.61. The number of nitrogens with two attached hydrogens (primary N) is 1. The standard InChI is InChI=1S/C14H21N3O2/c1-10-6-7-17(8-13(10)18)9-14(19)16-12-5-3-2-4-11(12)15/h2-5,10,13,18H,6-9,15H2,1H3,(H,16,19). The molecule has 5 heteroatoms. The van der Waals surface area contributed by atoms with Crippen molar-refractivity contribution in [1.82, 2.24) is 4.90 Å². The summed E-state index contributed by atoms with van der Waals surface area (Å²) in [5, 5.41) is 12.6. The summed E-state index contributed by atoms with van der Waals surface area (Å²) in [6.45, 7) is 3.72. The Morgan fingerprint density at radius 2 is 2.26 bits per heavy atom. The van der Waals surface area contributed by atoms with Crippen LogP contribution >= 0.6 is 0 Å². The number of nitrogens with zero attached hydrogens (tertiary/aromatic N) is 1. The Balaban J connectivity index is 1.87. The Kier molecular flexibility index (Phi) is 4.39. The van der Waals surface area contributed by atoms with Crippen molar-refractivity contribution >= 4 is 17.3 Å². The first kappa shape index (κ1) is 13.8. The first-order chi connectivity index (χ1) is 9.06. The van der Waals surface area contributed by atoms with Crippen LogP contribution in [-0.4, -0.2) is 41.7 Å². The summed E-state index contributed by atoms with van der Waals surface area (Å²) in [4.78, 5) is 13.9. The molecule has 1 saturated heterocycles. The van der Waals surface area contributed by atoms with Gasteiger partial charge in [0, 0.05) is 6.54 Å². The fourth-order valence-electron chi connectivity index (χ4n) is 2.26. The quantitative estimate of drug-likeness (QED) is 0.708. The minimum Gasteiger partial charge on any atom is -0.397 e. The normalized spacial score (nSPS) is 24.1. The van der Waals surface area contributed by atoms with Gasteiger partial charge in [0.1, 0.15) is 0 Å². The van der Waals surface area contributed by atoms with Crippen molar-refractivity contribution < 1.29 is 9.90 Å². The van der Waals surface area contributed by atoms with Crippen LogP contribution in [0, 0.1) is 5.92 Å². The molecule has 5 nitrogen and oxygen atoms in total. The molecule has 1 fully saturated rings. The van der Waals surface area contributed by atoms with E-state index in [0.29, 0.717) is 23.8 Å². The van der Waals surface area contributed by atoms with Crippen LogP contribution in [0.15, 0.2) is 24.3 Å². The van der Waals surface area contributed by atoms with Gasteiger partial charge >= 0.3 is 0 Å². The molecular weight excluding hydrogens is 242 g/mol. The molecule has 1 aromatic carbocycles. The Morgan fingerprint density at radius 1 is 1.53 bits per heavy atom. The van der Waals surface area contributed by atoms with E-state index in [0.717, 1.165) is 13.0 Å². The van der Waals surface area contributed by atoms with Crippen molar-refractivity contribution in [1.29, 1.82) is 0 Å². The fraction of sp³-hybridized carbons (Fsp3) is 0.500. The monoisotopic (exact) mass is 263 g/mol. The number of nitrogen functional groups attached to an aromatic ring is 1. The lowest BCUT2D eigenvalue weighted by Crippen LogP contribution is -2.45. The van der Waals surface area contributed by atoms with Crippen LogP contribution in [0.5, 0.6) is 0 Å². The van der Waals surface area contributed by atoms with E-state index >= 15 is 0 Å². The number of carbonyl (C=O) groups is 1. The second kappa shape index (κ2) is 6.04. The number of carbonyl (C=O) groups excluding carboxylic acids is 1. The molecule has 2 atom stereocenters. The predicted molar refractivity (Wildman–Crippen MR) is 75.7 cm³/mol. The van der Waals surface area contributed by atoms with Crippen molar-refractivity contribution in [3.63, 3.8) is 0 Å². The van der Waals surface area contributed by atoms with Crippen LogP contribution in [0.3, 0.4) is 0 Å². The lowest BCUT2D eigenvalue weighted by Gasteiger charge is -2.33. The van der Waals surface area contributed by atoms with E-state index in [2.05, 4.69) is 5.32 Å². The summed E-state index contributed by atoms with van der Waals surface area (Å²) in [5.74, 6) is 0.212. The number of aliphatic hydroxyl groups is 1. The maximum absolute atomic E-state index is 11.9. The summed E-state index contributed by atoms with van der Waals surface area (Å²) in [6.07, 6.45) is 0.574. The molecule has 1 aromatic rings. The summed E-state index contributed by atoms with van der Waals surface area (Å²) >= 11 is 0. The molecule has 104 valence electrons. The molecule has 0 aromatic heterocycles. The number of piperidine rings is 1. The number of rotatable bonds is 3. The van der Waals surface area contributed by atoms with Gasteiger partial charge in [0.2, 0.25) is 5.91 Å². The molecule has 2 unspecified atom stereocenters. The molecule has 0 spiro atoms. The smallest absolute Gasteiger partial charge is 0.238 e.